The van der Waals surface area contributed by atoms with Crippen molar-refractivity contribution in [3.63, 3.8) is 0 Å². The van der Waals surface area contributed by atoms with E-state index < -0.39 is 34.3 Å². The molecule has 0 spiro atoms. The summed E-state index contributed by atoms with van der Waals surface area (Å²) in [6.45, 7) is 0.915. The Bertz CT molecular complexity index is 1560. The zero-order chi connectivity index (χ0) is 27.3. The normalized spacial score (nSPS) is 11.1. The number of halogens is 2. The Morgan fingerprint density at radius 2 is 1.76 bits per heavy atom. The number of aryl methyl sites for hydroxylation is 1. The molecule has 3 aromatic carbocycles. The van der Waals surface area contributed by atoms with Crippen molar-refractivity contribution in [1.82, 2.24) is 5.16 Å². The molecule has 0 bridgehead atoms. The lowest BCUT2D eigenvalue weighted by Gasteiger charge is -2.25. The van der Waals surface area contributed by atoms with E-state index in [0.29, 0.717) is 11.3 Å². The molecule has 4 aromatic rings. The maximum Gasteiger partial charge on any atom is 0.338 e. The molecule has 38 heavy (non-hydrogen) atoms. The van der Waals surface area contributed by atoms with Gasteiger partial charge < -0.3 is 14.6 Å². The Labute approximate surface area is 222 Å². The van der Waals surface area contributed by atoms with Crippen LogP contribution in [0.5, 0.6) is 0 Å². The van der Waals surface area contributed by atoms with Gasteiger partial charge in [-0.25, -0.2) is 17.6 Å². The van der Waals surface area contributed by atoms with Crippen LogP contribution in [0.1, 0.15) is 21.7 Å². The highest BCUT2D eigenvalue weighted by molar-refractivity contribution is 7.93. The minimum atomic E-state index is -4.35. The average Bonchev–Trinajstić information content (AvgIpc) is 3.31. The third-order valence-corrected chi connectivity index (χ3v) is 7.50. The molecule has 9 nitrogen and oxygen atoms in total. The van der Waals surface area contributed by atoms with E-state index in [2.05, 4.69) is 10.5 Å². The van der Waals surface area contributed by atoms with Crippen molar-refractivity contribution in [2.24, 2.45) is 0 Å². The van der Waals surface area contributed by atoms with E-state index in [4.69, 9.17) is 20.9 Å². The highest BCUT2D eigenvalue weighted by Gasteiger charge is 2.29. The van der Waals surface area contributed by atoms with Crippen LogP contribution in [0.25, 0.3) is 0 Å². The topological polar surface area (TPSA) is 119 Å². The summed E-state index contributed by atoms with van der Waals surface area (Å²) in [7, 11) is -4.35. The summed E-state index contributed by atoms with van der Waals surface area (Å²) in [5.74, 6) is -1.51. The van der Waals surface area contributed by atoms with E-state index in [1.807, 2.05) is 0 Å². The van der Waals surface area contributed by atoms with E-state index in [-0.39, 0.29) is 33.5 Å². The number of rotatable bonds is 9. The first kappa shape index (κ1) is 26.8. The lowest BCUT2D eigenvalue weighted by Crippen LogP contribution is -2.31. The Kier molecular flexibility index (Phi) is 8.08. The minimum Gasteiger partial charge on any atom is -0.452 e. The summed E-state index contributed by atoms with van der Waals surface area (Å²) in [6, 6.07) is 18.8. The molecule has 0 aliphatic carbocycles. The average molecular weight is 558 g/mol. The monoisotopic (exact) mass is 557 g/mol. The molecule has 12 heteroatoms. The molecule has 1 heterocycles. The van der Waals surface area contributed by atoms with Crippen LogP contribution in [0.3, 0.4) is 0 Å². The van der Waals surface area contributed by atoms with Gasteiger partial charge in [0, 0.05) is 6.07 Å². The summed E-state index contributed by atoms with van der Waals surface area (Å²) >= 11 is 6.27. The second kappa shape index (κ2) is 11.4. The van der Waals surface area contributed by atoms with Crippen LogP contribution >= 0.6 is 11.6 Å². The van der Waals surface area contributed by atoms with Gasteiger partial charge in [-0.2, -0.15) is 0 Å². The first-order chi connectivity index (χ1) is 18.1. The SMILES string of the molecule is Cc1cc(NC(=O)COC(=O)c2ccc(Cl)c(S(=O)(=O)N(Cc3ccccc3)c3ccc(F)cc3)c2)no1. The van der Waals surface area contributed by atoms with Gasteiger partial charge in [0.2, 0.25) is 0 Å². The van der Waals surface area contributed by atoms with E-state index >= 15 is 0 Å². The van der Waals surface area contributed by atoms with Crippen molar-refractivity contribution in [2.75, 3.05) is 16.2 Å². The molecule has 0 saturated heterocycles. The molecule has 0 radical (unpaired) electrons. The van der Waals surface area contributed by atoms with Gasteiger partial charge in [0.15, 0.2) is 12.4 Å². The molecule has 4 rings (SSSR count). The lowest BCUT2D eigenvalue weighted by molar-refractivity contribution is -0.119. The molecule has 0 saturated carbocycles. The van der Waals surface area contributed by atoms with Crippen molar-refractivity contribution in [1.29, 1.82) is 0 Å². The second-order valence-electron chi connectivity index (χ2n) is 8.07. The van der Waals surface area contributed by atoms with Gasteiger partial charge >= 0.3 is 5.97 Å². The summed E-state index contributed by atoms with van der Waals surface area (Å²) in [5.41, 5.74) is 0.719. The first-order valence-electron chi connectivity index (χ1n) is 11.2. The Morgan fingerprint density at radius 1 is 1.05 bits per heavy atom. The number of anilines is 2. The van der Waals surface area contributed by atoms with Gasteiger partial charge in [-0.15, -0.1) is 0 Å². The lowest BCUT2D eigenvalue weighted by atomic mass is 10.2. The van der Waals surface area contributed by atoms with E-state index in [1.54, 1.807) is 37.3 Å². The minimum absolute atomic E-state index is 0.0818. The standard InChI is InChI=1S/C26H21ClFN3O6S/c1-17-13-24(30-37-17)29-25(32)16-36-26(33)19-7-12-22(27)23(14-19)38(34,35)31(15-18-5-3-2-4-6-18)21-10-8-20(28)9-11-21/h2-14H,15-16H2,1H3,(H,29,30,32). The number of carbonyl (C=O) groups excluding carboxylic acids is 2. The number of benzene rings is 3. The van der Waals surface area contributed by atoms with Crippen molar-refractivity contribution in [2.45, 2.75) is 18.4 Å². The summed E-state index contributed by atoms with van der Waals surface area (Å²) in [5, 5.41) is 5.88. The van der Waals surface area contributed by atoms with Gasteiger partial charge in [0.1, 0.15) is 16.5 Å². The number of sulfonamides is 1. The van der Waals surface area contributed by atoms with E-state index in [0.717, 1.165) is 22.5 Å². The zero-order valence-electron chi connectivity index (χ0n) is 19.9. The van der Waals surface area contributed by atoms with Crippen LogP contribution in [0.4, 0.5) is 15.9 Å². The second-order valence-corrected chi connectivity index (χ2v) is 10.3. The third kappa shape index (κ3) is 6.36. The van der Waals surface area contributed by atoms with Crippen molar-refractivity contribution in [3.05, 3.63) is 107 Å². The molecule has 1 amide bonds. The number of nitrogens with one attached hydrogen (secondary N) is 1. The van der Waals surface area contributed by atoms with Crippen LogP contribution in [0.15, 0.2) is 88.3 Å². The largest absolute Gasteiger partial charge is 0.452 e. The molecule has 196 valence electrons. The van der Waals surface area contributed by atoms with Crippen molar-refractivity contribution < 1.29 is 31.7 Å². The molecule has 0 atom stereocenters. The van der Waals surface area contributed by atoms with Crippen LogP contribution in [0.2, 0.25) is 5.02 Å². The number of aromatic nitrogens is 1. The predicted octanol–water partition coefficient (Wildman–Crippen LogP) is 4.97. The highest BCUT2D eigenvalue weighted by atomic mass is 35.5. The molecule has 0 aliphatic heterocycles. The zero-order valence-corrected chi connectivity index (χ0v) is 21.5. The van der Waals surface area contributed by atoms with Gasteiger partial charge in [-0.05, 0) is 55.0 Å². The van der Waals surface area contributed by atoms with Gasteiger partial charge in [0.25, 0.3) is 15.9 Å². The van der Waals surface area contributed by atoms with Gasteiger partial charge in [0.05, 0.1) is 22.8 Å². The summed E-state index contributed by atoms with van der Waals surface area (Å²) < 4.78 is 52.1. The van der Waals surface area contributed by atoms with Crippen LogP contribution in [-0.2, 0) is 26.1 Å². The van der Waals surface area contributed by atoms with Crippen molar-refractivity contribution >= 4 is 45.0 Å². The molecular formula is C26H21ClFN3O6S. The number of ether oxygens (including phenoxy) is 1. The Balaban J connectivity index is 1.58. The van der Waals surface area contributed by atoms with E-state index in [1.165, 1.54) is 30.3 Å². The predicted molar refractivity (Wildman–Crippen MR) is 138 cm³/mol. The molecule has 0 unspecified atom stereocenters. The molecule has 1 aromatic heterocycles. The Hall–Kier alpha value is -4.22. The van der Waals surface area contributed by atoms with Crippen LogP contribution in [-0.4, -0.2) is 32.1 Å². The fourth-order valence-electron chi connectivity index (χ4n) is 3.44. The van der Waals surface area contributed by atoms with Gasteiger partial charge in [-0.3, -0.25) is 9.10 Å². The highest BCUT2D eigenvalue weighted by Crippen LogP contribution is 2.31. The summed E-state index contributed by atoms with van der Waals surface area (Å²) in [6.07, 6.45) is 0. The molecule has 1 N–H and O–H groups in total. The maximum atomic E-state index is 13.8. The molecular weight excluding hydrogens is 537 g/mol. The molecule has 0 fully saturated rings. The van der Waals surface area contributed by atoms with E-state index in [9.17, 15) is 22.4 Å². The number of amides is 1. The van der Waals surface area contributed by atoms with Crippen LogP contribution < -0.4 is 9.62 Å². The quantitative estimate of drug-likeness (QED) is 0.289. The number of hydrogen-bond acceptors (Lipinski definition) is 7. The van der Waals surface area contributed by atoms with Crippen LogP contribution in [0, 0.1) is 12.7 Å². The summed E-state index contributed by atoms with van der Waals surface area (Å²) in [4.78, 5) is 24.3. The fourth-order valence-corrected chi connectivity index (χ4v) is 5.39. The number of nitrogens with zero attached hydrogens (tertiary/aromatic N) is 2. The Morgan fingerprint density at radius 3 is 2.42 bits per heavy atom. The molecule has 0 aliphatic rings. The smallest absolute Gasteiger partial charge is 0.338 e. The first-order valence-corrected chi connectivity index (χ1v) is 13.0. The fraction of sp³-hybridized carbons (Fsp3) is 0.115. The third-order valence-electron chi connectivity index (χ3n) is 5.25. The number of esters is 1. The number of hydrogen-bond donors (Lipinski definition) is 1. The maximum absolute atomic E-state index is 13.8. The van der Waals surface area contributed by atoms with Gasteiger partial charge in [-0.1, -0.05) is 47.1 Å². The number of carbonyl (C=O) groups is 2. The van der Waals surface area contributed by atoms with Crippen molar-refractivity contribution in [3.8, 4) is 0 Å².